The minimum Gasteiger partial charge on any atom is -0.444 e. The van der Waals surface area contributed by atoms with E-state index in [1.54, 1.807) is 0 Å². The molecule has 3 atom stereocenters. The zero-order chi connectivity index (χ0) is 12.6. The number of carbonyl (C=O) groups excluding carboxylic acids is 1. The van der Waals surface area contributed by atoms with Crippen molar-refractivity contribution in [2.24, 2.45) is 11.8 Å². The van der Waals surface area contributed by atoms with E-state index in [1.807, 2.05) is 25.7 Å². The van der Waals surface area contributed by atoms with Gasteiger partial charge in [0, 0.05) is 12.6 Å². The summed E-state index contributed by atoms with van der Waals surface area (Å²) in [4.78, 5) is 13.8. The summed E-state index contributed by atoms with van der Waals surface area (Å²) in [6.07, 6.45) is 2.69. The van der Waals surface area contributed by atoms with Crippen LogP contribution in [0.3, 0.4) is 0 Å². The lowest BCUT2D eigenvalue weighted by Crippen LogP contribution is -2.55. The summed E-state index contributed by atoms with van der Waals surface area (Å²) >= 11 is 0. The SMILES string of the molecule is CC(C)(C)OC(=O)N1CC2CCC1CC2C#N. The molecule has 0 aromatic heterocycles. The van der Waals surface area contributed by atoms with Crippen molar-refractivity contribution in [1.29, 1.82) is 5.26 Å². The Morgan fingerprint density at radius 3 is 2.59 bits per heavy atom. The Labute approximate surface area is 103 Å². The number of nitrogens with zero attached hydrogens (tertiary/aromatic N) is 2. The molecule has 0 spiro atoms. The topological polar surface area (TPSA) is 53.3 Å². The third kappa shape index (κ3) is 2.54. The average molecular weight is 236 g/mol. The second-order valence-corrected chi connectivity index (χ2v) is 6.10. The normalized spacial score (nSPS) is 32.1. The predicted octanol–water partition coefficient (Wildman–Crippen LogP) is 2.55. The van der Waals surface area contributed by atoms with E-state index in [1.165, 1.54) is 0 Å². The minimum atomic E-state index is -0.442. The molecular weight excluding hydrogens is 216 g/mol. The molecule has 3 unspecified atom stereocenters. The number of hydrogen-bond donors (Lipinski definition) is 0. The highest BCUT2D eigenvalue weighted by molar-refractivity contribution is 5.69. The Morgan fingerprint density at radius 2 is 2.12 bits per heavy atom. The fraction of sp³-hybridized carbons (Fsp3) is 0.846. The first-order valence-electron chi connectivity index (χ1n) is 6.30. The number of fused-ring (bicyclic) bond motifs is 3. The minimum absolute atomic E-state index is 0.132. The Balaban J connectivity index is 2.01. The number of piperidine rings is 2. The van der Waals surface area contributed by atoms with E-state index in [-0.39, 0.29) is 18.1 Å². The Hall–Kier alpha value is -1.24. The van der Waals surface area contributed by atoms with E-state index in [0.717, 1.165) is 19.3 Å². The number of hydrogen-bond acceptors (Lipinski definition) is 3. The summed E-state index contributed by atoms with van der Waals surface area (Å²) in [7, 11) is 0. The lowest BCUT2D eigenvalue weighted by Gasteiger charge is -2.47. The molecule has 1 amide bonds. The fourth-order valence-electron chi connectivity index (χ4n) is 2.82. The molecule has 2 heterocycles. The van der Waals surface area contributed by atoms with E-state index in [0.29, 0.717) is 12.5 Å². The van der Waals surface area contributed by atoms with Crippen LogP contribution in [0.25, 0.3) is 0 Å². The van der Waals surface area contributed by atoms with Gasteiger partial charge in [-0.25, -0.2) is 4.79 Å². The summed E-state index contributed by atoms with van der Waals surface area (Å²) in [6, 6.07) is 2.57. The fourth-order valence-corrected chi connectivity index (χ4v) is 2.82. The number of amides is 1. The highest BCUT2D eigenvalue weighted by Gasteiger charge is 2.43. The van der Waals surface area contributed by atoms with Gasteiger partial charge in [0.25, 0.3) is 0 Å². The maximum absolute atomic E-state index is 12.0. The lowest BCUT2D eigenvalue weighted by atomic mass is 9.73. The molecule has 3 aliphatic rings. The van der Waals surface area contributed by atoms with Crippen molar-refractivity contribution >= 4 is 6.09 Å². The Kier molecular flexibility index (Phi) is 3.03. The van der Waals surface area contributed by atoms with Crippen LogP contribution in [-0.2, 0) is 4.74 Å². The molecule has 0 N–H and O–H groups in total. The molecule has 4 heteroatoms. The van der Waals surface area contributed by atoms with Crippen LogP contribution in [0.4, 0.5) is 4.79 Å². The smallest absolute Gasteiger partial charge is 0.410 e. The molecular formula is C13H20N2O2. The van der Waals surface area contributed by atoms with Crippen molar-refractivity contribution in [3.8, 4) is 6.07 Å². The van der Waals surface area contributed by atoms with Gasteiger partial charge in [0.05, 0.1) is 12.0 Å². The van der Waals surface area contributed by atoms with Crippen molar-refractivity contribution in [3.63, 3.8) is 0 Å². The molecule has 4 nitrogen and oxygen atoms in total. The summed E-state index contributed by atoms with van der Waals surface area (Å²) in [5.74, 6) is 0.477. The first kappa shape index (κ1) is 12.2. The molecule has 3 rings (SSSR count). The maximum Gasteiger partial charge on any atom is 0.410 e. The van der Waals surface area contributed by atoms with Crippen LogP contribution in [0.2, 0.25) is 0 Å². The molecule has 17 heavy (non-hydrogen) atoms. The first-order valence-corrected chi connectivity index (χ1v) is 6.30. The van der Waals surface area contributed by atoms with E-state index in [4.69, 9.17) is 10.00 Å². The van der Waals surface area contributed by atoms with Crippen molar-refractivity contribution in [2.75, 3.05) is 6.54 Å². The largest absolute Gasteiger partial charge is 0.444 e. The number of ether oxygens (including phenoxy) is 1. The van der Waals surface area contributed by atoms with Crippen molar-refractivity contribution in [1.82, 2.24) is 4.90 Å². The van der Waals surface area contributed by atoms with Crippen molar-refractivity contribution in [3.05, 3.63) is 0 Å². The van der Waals surface area contributed by atoms with Crippen molar-refractivity contribution in [2.45, 2.75) is 51.7 Å². The van der Waals surface area contributed by atoms with Crippen LogP contribution in [-0.4, -0.2) is 29.2 Å². The molecule has 1 aliphatic carbocycles. The van der Waals surface area contributed by atoms with Gasteiger partial charge in [0.1, 0.15) is 5.60 Å². The predicted molar refractivity (Wildman–Crippen MR) is 63.2 cm³/mol. The average Bonchev–Trinajstić information content (AvgIpc) is 2.27. The molecule has 1 saturated carbocycles. The maximum atomic E-state index is 12.0. The van der Waals surface area contributed by atoms with Crippen molar-refractivity contribution < 1.29 is 9.53 Å². The van der Waals surface area contributed by atoms with Gasteiger partial charge in [0.2, 0.25) is 0 Å². The van der Waals surface area contributed by atoms with Gasteiger partial charge in [-0.15, -0.1) is 0 Å². The zero-order valence-electron chi connectivity index (χ0n) is 10.8. The molecule has 3 fully saturated rings. The van der Waals surface area contributed by atoms with E-state index in [2.05, 4.69) is 6.07 Å². The second-order valence-electron chi connectivity index (χ2n) is 6.10. The van der Waals surface area contributed by atoms with Gasteiger partial charge >= 0.3 is 6.09 Å². The third-order valence-electron chi connectivity index (χ3n) is 3.63. The summed E-state index contributed by atoms with van der Waals surface area (Å²) in [5.41, 5.74) is -0.442. The van der Waals surface area contributed by atoms with Crippen LogP contribution < -0.4 is 0 Å². The highest BCUT2D eigenvalue weighted by atomic mass is 16.6. The zero-order valence-corrected chi connectivity index (χ0v) is 10.8. The van der Waals surface area contributed by atoms with Crippen LogP contribution in [0.15, 0.2) is 0 Å². The van der Waals surface area contributed by atoms with Crippen LogP contribution in [0.5, 0.6) is 0 Å². The summed E-state index contributed by atoms with van der Waals surface area (Å²) < 4.78 is 5.40. The van der Waals surface area contributed by atoms with Gasteiger partial charge in [-0.3, -0.25) is 0 Å². The number of rotatable bonds is 0. The molecule has 2 bridgehead atoms. The van der Waals surface area contributed by atoms with E-state index < -0.39 is 5.60 Å². The van der Waals surface area contributed by atoms with Gasteiger partial charge in [0.15, 0.2) is 0 Å². The van der Waals surface area contributed by atoms with Gasteiger partial charge in [-0.05, 0) is 46.0 Å². The third-order valence-corrected chi connectivity index (χ3v) is 3.63. The quantitative estimate of drug-likeness (QED) is 0.649. The summed E-state index contributed by atoms with van der Waals surface area (Å²) in [5, 5.41) is 9.04. The number of nitriles is 1. The molecule has 94 valence electrons. The first-order chi connectivity index (χ1) is 7.90. The van der Waals surface area contributed by atoms with Crippen LogP contribution in [0, 0.1) is 23.2 Å². The standard InChI is InChI=1S/C13H20N2O2/c1-13(2,3)17-12(16)15-8-9-4-5-11(15)6-10(9)7-14/h9-11H,4-6,8H2,1-3H3. The van der Waals surface area contributed by atoms with Crippen LogP contribution in [0.1, 0.15) is 40.0 Å². The lowest BCUT2D eigenvalue weighted by molar-refractivity contribution is -0.0210. The molecule has 2 saturated heterocycles. The second kappa shape index (κ2) is 4.21. The van der Waals surface area contributed by atoms with E-state index >= 15 is 0 Å². The molecule has 0 radical (unpaired) electrons. The van der Waals surface area contributed by atoms with Gasteiger partial charge < -0.3 is 9.64 Å². The monoisotopic (exact) mass is 236 g/mol. The van der Waals surface area contributed by atoms with E-state index in [9.17, 15) is 4.79 Å². The molecule has 0 aromatic carbocycles. The number of carbonyl (C=O) groups is 1. The summed E-state index contributed by atoms with van der Waals surface area (Å²) in [6.45, 7) is 6.33. The van der Waals surface area contributed by atoms with Gasteiger partial charge in [-0.2, -0.15) is 5.26 Å². The Bertz CT molecular complexity index is 353. The van der Waals surface area contributed by atoms with Crippen LogP contribution >= 0.6 is 0 Å². The molecule has 0 aromatic rings. The van der Waals surface area contributed by atoms with Gasteiger partial charge in [-0.1, -0.05) is 0 Å². The Morgan fingerprint density at radius 1 is 1.41 bits per heavy atom. The highest BCUT2D eigenvalue weighted by Crippen LogP contribution is 2.39. The molecule has 2 aliphatic heterocycles.